The van der Waals surface area contributed by atoms with E-state index in [1.807, 2.05) is 37.3 Å². The molecule has 0 radical (unpaired) electrons. The van der Waals surface area contributed by atoms with Crippen LogP contribution in [0.4, 0.5) is 4.79 Å². The van der Waals surface area contributed by atoms with Crippen molar-refractivity contribution in [2.24, 2.45) is 0 Å². The molecule has 0 bridgehead atoms. The fraction of sp³-hybridized carbons (Fsp3) is 0.316. The van der Waals surface area contributed by atoms with Crippen molar-refractivity contribution < 1.29 is 19.5 Å². The lowest BCUT2D eigenvalue weighted by atomic mass is 10.0. The lowest BCUT2D eigenvalue weighted by Crippen LogP contribution is -2.71. The van der Waals surface area contributed by atoms with Crippen molar-refractivity contribution in [2.75, 3.05) is 5.75 Å². The van der Waals surface area contributed by atoms with E-state index in [1.165, 1.54) is 34.8 Å². The van der Waals surface area contributed by atoms with Crippen molar-refractivity contribution in [2.45, 2.75) is 35.3 Å². The van der Waals surface area contributed by atoms with Gasteiger partial charge >= 0.3 is 12.0 Å². The van der Waals surface area contributed by atoms with Gasteiger partial charge in [-0.25, -0.2) is 14.6 Å². The first-order chi connectivity index (χ1) is 15.0. The van der Waals surface area contributed by atoms with Crippen LogP contribution >= 0.6 is 23.5 Å². The van der Waals surface area contributed by atoms with Gasteiger partial charge < -0.3 is 15.7 Å². The molecule has 4 N–H and O–H groups in total. The summed E-state index contributed by atoms with van der Waals surface area (Å²) in [4.78, 5) is 42.3. The SMILES string of the molecule is CC(Sc1nc[nH]n1)C1=C(C(=O)O)N2C(=O)C(NC(=O)NCc3ccccc3)[C@@H]2SC1. The number of aromatic nitrogens is 3. The summed E-state index contributed by atoms with van der Waals surface area (Å²) in [5.41, 5.74) is 1.54. The molecule has 2 aliphatic heterocycles. The lowest BCUT2D eigenvalue weighted by Gasteiger charge is -2.49. The summed E-state index contributed by atoms with van der Waals surface area (Å²) in [6, 6.07) is 8.17. The first-order valence-electron chi connectivity index (χ1n) is 9.47. The number of carbonyl (C=O) groups is 3. The highest BCUT2D eigenvalue weighted by atomic mass is 32.2. The number of rotatable bonds is 7. The van der Waals surface area contributed by atoms with Gasteiger partial charge in [0.2, 0.25) is 5.16 Å². The minimum absolute atomic E-state index is 0.0213. The molecule has 162 valence electrons. The van der Waals surface area contributed by atoms with E-state index in [9.17, 15) is 19.5 Å². The Kier molecular flexibility index (Phi) is 6.18. The van der Waals surface area contributed by atoms with Gasteiger partial charge in [-0.1, -0.05) is 42.1 Å². The van der Waals surface area contributed by atoms with Crippen LogP contribution in [0, 0.1) is 0 Å². The zero-order valence-corrected chi connectivity index (χ0v) is 18.1. The molecule has 1 fully saturated rings. The normalized spacial score (nSPS) is 21.2. The number of nitrogens with zero attached hydrogens (tertiary/aromatic N) is 3. The molecule has 10 nitrogen and oxygen atoms in total. The van der Waals surface area contributed by atoms with Crippen LogP contribution in [0.1, 0.15) is 12.5 Å². The number of β-lactam (4-membered cyclic amide) rings is 1. The Morgan fingerprint density at radius 3 is 2.84 bits per heavy atom. The van der Waals surface area contributed by atoms with Crippen molar-refractivity contribution in [3.8, 4) is 0 Å². The van der Waals surface area contributed by atoms with Gasteiger partial charge in [0.1, 0.15) is 23.4 Å². The Bertz CT molecular complexity index is 1010. The van der Waals surface area contributed by atoms with Crippen LogP contribution in [0.25, 0.3) is 0 Å². The zero-order chi connectivity index (χ0) is 22.0. The molecule has 3 atom stereocenters. The predicted octanol–water partition coefficient (Wildman–Crippen LogP) is 1.41. The molecule has 2 aliphatic rings. The maximum absolute atomic E-state index is 12.7. The summed E-state index contributed by atoms with van der Waals surface area (Å²) >= 11 is 2.75. The number of amides is 3. The molecule has 12 heteroatoms. The molecule has 4 rings (SSSR count). The Hall–Kier alpha value is -2.99. The first kappa shape index (κ1) is 21.2. The zero-order valence-electron chi connectivity index (χ0n) is 16.4. The number of nitrogens with one attached hydrogen (secondary N) is 3. The van der Waals surface area contributed by atoms with Crippen LogP contribution < -0.4 is 10.6 Å². The average Bonchev–Trinajstić information content (AvgIpc) is 3.28. The highest BCUT2D eigenvalue weighted by molar-refractivity contribution is 8.01. The molecule has 0 aliphatic carbocycles. The number of fused-ring (bicyclic) bond motifs is 1. The summed E-state index contributed by atoms with van der Waals surface area (Å²) in [6.45, 7) is 2.19. The van der Waals surface area contributed by atoms with Gasteiger partial charge in [0.15, 0.2) is 0 Å². The van der Waals surface area contributed by atoms with E-state index in [2.05, 4.69) is 25.8 Å². The highest BCUT2D eigenvalue weighted by Crippen LogP contribution is 2.43. The molecule has 0 saturated carbocycles. The number of aliphatic carboxylic acids is 1. The van der Waals surface area contributed by atoms with E-state index in [0.29, 0.717) is 23.0 Å². The second kappa shape index (κ2) is 9.02. The number of aromatic amines is 1. The maximum Gasteiger partial charge on any atom is 0.352 e. The molecule has 1 aromatic heterocycles. The smallest absolute Gasteiger partial charge is 0.352 e. The molecule has 2 aromatic rings. The topological polar surface area (TPSA) is 140 Å². The van der Waals surface area contributed by atoms with Crippen LogP contribution in [-0.2, 0) is 16.1 Å². The summed E-state index contributed by atoms with van der Waals surface area (Å²) in [5.74, 6) is -1.17. The third-order valence-electron chi connectivity index (χ3n) is 4.95. The van der Waals surface area contributed by atoms with Crippen molar-refractivity contribution >= 4 is 41.4 Å². The Balaban J connectivity index is 1.42. The van der Waals surface area contributed by atoms with Crippen LogP contribution in [0.3, 0.4) is 0 Å². The van der Waals surface area contributed by atoms with E-state index >= 15 is 0 Å². The van der Waals surface area contributed by atoms with Crippen LogP contribution in [-0.4, -0.2) is 65.5 Å². The van der Waals surface area contributed by atoms with E-state index in [4.69, 9.17) is 0 Å². The van der Waals surface area contributed by atoms with Gasteiger partial charge in [-0.2, -0.15) is 0 Å². The van der Waals surface area contributed by atoms with Crippen molar-refractivity contribution in [3.63, 3.8) is 0 Å². The molecule has 0 spiro atoms. The van der Waals surface area contributed by atoms with E-state index in [1.54, 1.807) is 0 Å². The molecule has 31 heavy (non-hydrogen) atoms. The molecule has 1 aromatic carbocycles. The number of hydrogen-bond acceptors (Lipinski definition) is 7. The van der Waals surface area contributed by atoms with Gasteiger partial charge in [-0.3, -0.25) is 14.8 Å². The van der Waals surface area contributed by atoms with Gasteiger partial charge in [0.25, 0.3) is 5.91 Å². The number of carboxylic acids is 1. The molecular formula is C19H20N6O4S2. The fourth-order valence-corrected chi connectivity index (χ4v) is 5.86. The summed E-state index contributed by atoms with van der Waals surface area (Å²) in [6.07, 6.45) is 1.45. The Morgan fingerprint density at radius 2 is 2.16 bits per heavy atom. The van der Waals surface area contributed by atoms with Gasteiger partial charge in [-0.05, 0) is 18.1 Å². The monoisotopic (exact) mass is 460 g/mol. The molecule has 2 unspecified atom stereocenters. The first-order valence-corrected chi connectivity index (χ1v) is 11.4. The summed E-state index contributed by atoms with van der Waals surface area (Å²) in [5, 5.41) is 21.6. The Morgan fingerprint density at radius 1 is 1.39 bits per heavy atom. The minimum Gasteiger partial charge on any atom is -0.477 e. The summed E-state index contributed by atoms with van der Waals surface area (Å²) in [7, 11) is 0. The summed E-state index contributed by atoms with van der Waals surface area (Å²) < 4.78 is 0. The van der Waals surface area contributed by atoms with Gasteiger partial charge in [0.05, 0.1) is 0 Å². The van der Waals surface area contributed by atoms with Crippen LogP contribution in [0.5, 0.6) is 0 Å². The lowest BCUT2D eigenvalue weighted by molar-refractivity contribution is -0.148. The highest BCUT2D eigenvalue weighted by Gasteiger charge is 2.54. The number of carbonyl (C=O) groups excluding carboxylic acids is 2. The second-order valence-electron chi connectivity index (χ2n) is 6.92. The number of urea groups is 1. The van der Waals surface area contributed by atoms with Gasteiger partial charge in [0, 0.05) is 17.5 Å². The number of benzene rings is 1. The molecule has 1 saturated heterocycles. The molecular weight excluding hydrogens is 440 g/mol. The largest absolute Gasteiger partial charge is 0.477 e. The third kappa shape index (κ3) is 4.39. The van der Waals surface area contributed by atoms with E-state index in [-0.39, 0.29) is 10.9 Å². The predicted molar refractivity (Wildman–Crippen MR) is 115 cm³/mol. The van der Waals surface area contributed by atoms with Crippen LogP contribution in [0.2, 0.25) is 0 Å². The molecule has 3 heterocycles. The van der Waals surface area contributed by atoms with E-state index in [0.717, 1.165) is 5.56 Å². The third-order valence-corrected chi connectivity index (χ3v) is 7.30. The Labute approximate surface area is 186 Å². The maximum atomic E-state index is 12.7. The van der Waals surface area contributed by atoms with Crippen molar-refractivity contribution in [3.05, 3.63) is 53.5 Å². The quantitative estimate of drug-likeness (QED) is 0.359. The van der Waals surface area contributed by atoms with Crippen LogP contribution in [0.15, 0.2) is 53.1 Å². The molecule has 3 amide bonds. The second-order valence-corrected chi connectivity index (χ2v) is 9.33. The number of thioether (sulfide) groups is 2. The fourth-order valence-electron chi connectivity index (χ4n) is 3.41. The number of H-pyrrole nitrogens is 1. The minimum atomic E-state index is -1.16. The average molecular weight is 461 g/mol. The van der Waals surface area contributed by atoms with Gasteiger partial charge in [-0.15, -0.1) is 16.9 Å². The van der Waals surface area contributed by atoms with Crippen molar-refractivity contribution in [1.82, 2.24) is 30.7 Å². The number of carboxylic acid groups (broad SMARTS) is 1. The number of hydrogen-bond donors (Lipinski definition) is 4. The standard InChI is InChI=1S/C19H20N6O4S2/c1-10(31-19-21-9-22-24-19)12-8-30-16-13(15(26)25(16)14(12)17(27)28)23-18(29)20-7-11-5-3-2-4-6-11/h2-6,9-10,13,16H,7-8H2,1H3,(H,27,28)(H2,20,23,29)(H,21,22,24)/t10?,13?,16-/m0/s1. The van der Waals surface area contributed by atoms with Crippen molar-refractivity contribution in [1.29, 1.82) is 0 Å². The van der Waals surface area contributed by atoms with E-state index < -0.39 is 29.3 Å².